The molecule has 0 fully saturated rings. The molecular formula is C9H14N2O3S. The highest BCUT2D eigenvalue weighted by atomic mass is 32.2. The number of ether oxygens (including phenoxy) is 1. The lowest BCUT2D eigenvalue weighted by atomic mass is 10.3. The second kappa shape index (κ2) is 5.11. The quantitative estimate of drug-likeness (QED) is 0.694. The van der Waals surface area contributed by atoms with Gasteiger partial charge in [-0.05, 0) is 19.2 Å². The third-order valence-corrected chi connectivity index (χ3v) is 2.72. The maximum Gasteiger partial charge on any atom is 0.241 e. The largest absolute Gasteiger partial charge is 0.491 e. The number of primary sulfonamides is 1. The number of nitrogens with two attached hydrogens (primary N) is 1. The molecule has 0 aromatic heterocycles. The first-order valence-electron chi connectivity index (χ1n) is 4.45. The molecule has 1 aromatic carbocycles. The molecule has 0 aliphatic heterocycles. The van der Waals surface area contributed by atoms with Crippen molar-refractivity contribution in [3.05, 3.63) is 24.3 Å². The average molecular weight is 230 g/mol. The van der Waals surface area contributed by atoms with Gasteiger partial charge in [-0.15, -0.1) is 0 Å². The van der Waals surface area contributed by atoms with Crippen molar-refractivity contribution < 1.29 is 13.2 Å². The van der Waals surface area contributed by atoms with Crippen molar-refractivity contribution in [2.24, 2.45) is 5.14 Å². The summed E-state index contributed by atoms with van der Waals surface area (Å²) in [6, 6.07) is 6.30. The monoisotopic (exact) mass is 230 g/mol. The van der Waals surface area contributed by atoms with Gasteiger partial charge in [-0.2, -0.15) is 0 Å². The fourth-order valence-electron chi connectivity index (χ4n) is 1.07. The number of sulfonamides is 1. The van der Waals surface area contributed by atoms with E-state index in [2.05, 4.69) is 5.32 Å². The molecule has 6 heteroatoms. The van der Waals surface area contributed by atoms with Crippen LogP contribution in [-0.2, 0) is 10.0 Å². The Bertz CT molecular complexity index is 417. The van der Waals surface area contributed by atoms with E-state index in [-0.39, 0.29) is 10.6 Å². The van der Waals surface area contributed by atoms with Crippen LogP contribution in [0.1, 0.15) is 0 Å². The number of nitrogens with one attached hydrogen (secondary N) is 1. The molecule has 0 bridgehead atoms. The predicted octanol–water partition coefficient (Wildman–Crippen LogP) is -0.0678. The van der Waals surface area contributed by atoms with Crippen LogP contribution >= 0.6 is 0 Å². The van der Waals surface area contributed by atoms with E-state index < -0.39 is 10.0 Å². The fraction of sp³-hybridized carbons (Fsp3) is 0.333. The van der Waals surface area contributed by atoms with Crippen molar-refractivity contribution in [1.29, 1.82) is 0 Å². The normalized spacial score (nSPS) is 11.3. The van der Waals surface area contributed by atoms with Gasteiger partial charge in [0.2, 0.25) is 10.0 Å². The van der Waals surface area contributed by atoms with E-state index in [0.717, 1.165) is 0 Å². The summed E-state index contributed by atoms with van der Waals surface area (Å²) in [7, 11) is -1.93. The molecule has 0 saturated carbocycles. The maximum atomic E-state index is 11.2. The molecule has 0 saturated heterocycles. The Morgan fingerprint density at radius 3 is 2.67 bits per heavy atom. The minimum atomic E-state index is -3.72. The predicted molar refractivity (Wildman–Crippen MR) is 57.2 cm³/mol. The average Bonchev–Trinajstić information content (AvgIpc) is 2.17. The second-order valence-electron chi connectivity index (χ2n) is 2.94. The summed E-state index contributed by atoms with van der Waals surface area (Å²) in [6.45, 7) is 1.03. The van der Waals surface area contributed by atoms with Gasteiger partial charge in [0, 0.05) is 6.54 Å². The molecule has 0 unspecified atom stereocenters. The molecule has 0 aliphatic carbocycles. The standard InChI is InChI=1S/C9H14N2O3S/c1-11-6-7-14-8-4-2-3-5-9(8)15(10,12)13/h2-5,11H,6-7H2,1H3,(H2,10,12,13). The number of rotatable bonds is 5. The maximum absolute atomic E-state index is 11.2. The minimum absolute atomic E-state index is 0.0149. The Morgan fingerprint density at radius 2 is 2.07 bits per heavy atom. The first-order valence-corrected chi connectivity index (χ1v) is 5.99. The third-order valence-electron chi connectivity index (χ3n) is 1.77. The van der Waals surface area contributed by atoms with Gasteiger partial charge in [-0.3, -0.25) is 0 Å². The highest BCUT2D eigenvalue weighted by Crippen LogP contribution is 2.21. The van der Waals surface area contributed by atoms with Crippen LogP contribution in [0, 0.1) is 0 Å². The van der Waals surface area contributed by atoms with Gasteiger partial charge in [0.05, 0.1) is 0 Å². The molecule has 0 amide bonds. The van der Waals surface area contributed by atoms with E-state index in [1.54, 1.807) is 25.2 Å². The van der Waals surface area contributed by atoms with E-state index in [1.807, 2.05) is 0 Å². The van der Waals surface area contributed by atoms with Gasteiger partial charge in [0.1, 0.15) is 17.3 Å². The molecule has 84 valence electrons. The van der Waals surface area contributed by atoms with Crippen LogP contribution in [0.2, 0.25) is 0 Å². The molecule has 0 heterocycles. The van der Waals surface area contributed by atoms with Gasteiger partial charge < -0.3 is 10.1 Å². The Balaban J connectivity index is 2.88. The molecule has 1 rings (SSSR count). The molecule has 1 aromatic rings. The third kappa shape index (κ3) is 3.50. The van der Waals surface area contributed by atoms with E-state index in [9.17, 15) is 8.42 Å². The van der Waals surface area contributed by atoms with Crippen molar-refractivity contribution >= 4 is 10.0 Å². The zero-order chi connectivity index (χ0) is 11.3. The number of hydrogen-bond donors (Lipinski definition) is 2. The number of benzene rings is 1. The summed E-state index contributed by atoms with van der Waals surface area (Å²) in [4.78, 5) is 0.0149. The van der Waals surface area contributed by atoms with Crippen LogP contribution in [0.4, 0.5) is 0 Å². The Kier molecular flexibility index (Phi) is 4.07. The Hall–Kier alpha value is -1.11. The highest BCUT2D eigenvalue weighted by Gasteiger charge is 2.13. The number of para-hydroxylation sites is 1. The van der Waals surface area contributed by atoms with Gasteiger partial charge in [-0.1, -0.05) is 12.1 Å². The van der Waals surface area contributed by atoms with E-state index >= 15 is 0 Å². The molecule has 0 atom stereocenters. The topological polar surface area (TPSA) is 81.4 Å². The zero-order valence-corrected chi connectivity index (χ0v) is 9.25. The van der Waals surface area contributed by atoms with Gasteiger partial charge >= 0.3 is 0 Å². The van der Waals surface area contributed by atoms with Crippen LogP contribution in [0.15, 0.2) is 29.2 Å². The molecule has 3 N–H and O–H groups in total. The van der Waals surface area contributed by atoms with E-state index in [0.29, 0.717) is 13.2 Å². The van der Waals surface area contributed by atoms with Crippen LogP contribution < -0.4 is 15.2 Å². The van der Waals surface area contributed by atoms with Crippen molar-refractivity contribution in [3.63, 3.8) is 0 Å². The lowest BCUT2D eigenvalue weighted by molar-refractivity contribution is 0.310. The lowest BCUT2D eigenvalue weighted by Crippen LogP contribution is -2.18. The SMILES string of the molecule is CNCCOc1ccccc1S(N)(=O)=O. The number of hydrogen-bond acceptors (Lipinski definition) is 4. The van der Waals surface area contributed by atoms with Crippen LogP contribution in [0.3, 0.4) is 0 Å². The first kappa shape index (κ1) is 12.0. The molecule has 0 radical (unpaired) electrons. The van der Waals surface area contributed by atoms with Gasteiger partial charge in [0.15, 0.2) is 0 Å². The summed E-state index contributed by atoms with van der Waals surface area (Å²) in [6.07, 6.45) is 0. The van der Waals surface area contributed by atoms with E-state index in [1.165, 1.54) is 6.07 Å². The summed E-state index contributed by atoms with van der Waals surface area (Å²) in [5, 5.41) is 7.93. The van der Waals surface area contributed by atoms with Gasteiger partial charge in [0.25, 0.3) is 0 Å². The van der Waals surface area contributed by atoms with E-state index in [4.69, 9.17) is 9.88 Å². The second-order valence-corrected chi connectivity index (χ2v) is 4.47. The van der Waals surface area contributed by atoms with Crippen LogP contribution in [0.25, 0.3) is 0 Å². The van der Waals surface area contributed by atoms with Crippen molar-refractivity contribution in [1.82, 2.24) is 5.32 Å². The minimum Gasteiger partial charge on any atom is -0.491 e. The van der Waals surface area contributed by atoms with Crippen LogP contribution in [0.5, 0.6) is 5.75 Å². The Morgan fingerprint density at radius 1 is 1.40 bits per heavy atom. The van der Waals surface area contributed by atoms with Crippen molar-refractivity contribution in [3.8, 4) is 5.75 Å². The molecule has 15 heavy (non-hydrogen) atoms. The van der Waals surface area contributed by atoms with Crippen molar-refractivity contribution in [2.45, 2.75) is 4.90 Å². The molecule has 0 aliphatic rings. The highest BCUT2D eigenvalue weighted by molar-refractivity contribution is 7.89. The molecular weight excluding hydrogens is 216 g/mol. The zero-order valence-electron chi connectivity index (χ0n) is 8.43. The molecule has 5 nitrogen and oxygen atoms in total. The van der Waals surface area contributed by atoms with Gasteiger partial charge in [-0.25, -0.2) is 13.6 Å². The fourth-order valence-corrected chi connectivity index (χ4v) is 1.74. The summed E-state index contributed by atoms with van der Waals surface area (Å²) >= 11 is 0. The van der Waals surface area contributed by atoms with Crippen molar-refractivity contribution in [2.75, 3.05) is 20.2 Å². The summed E-state index contributed by atoms with van der Waals surface area (Å²) in [5.74, 6) is 0.287. The lowest BCUT2D eigenvalue weighted by Gasteiger charge is -2.09. The smallest absolute Gasteiger partial charge is 0.241 e. The number of likely N-dealkylation sites (N-methyl/N-ethyl adjacent to an activating group) is 1. The van der Waals surface area contributed by atoms with Crippen LogP contribution in [-0.4, -0.2) is 28.6 Å². The first-order chi connectivity index (χ1) is 7.05. The Labute approximate surface area is 89.3 Å². The summed E-state index contributed by atoms with van der Waals surface area (Å²) < 4.78 is 27.6. The summed E-state index contributed by atoms with van der Waals surface area (Å²) in [5.41, 5.74) is 0. The molecule has 0 spiro atoms.